The number of nitrogens with one attached hydrogen (secondary N) is 1. The largest absolute Gasteiger partial charge is 0.478 e. The van der Waals surface area contributed by atoms with Crippen LogP contribution in [0.3, 0.4) is 0 Å². The topological polar surface area (TPSA) is 224 Å². The number of ether oxygens (including phenoxy) is 1. The highest BCUT2D eigenvalue weighted by Gasteiger charge is 2.25. The number of hydrogen-bond acceptors (Lipinski definition) is 9. The SMILES string of the molecule is C=CC(=O)NC(C)(C)CS(=O)(=O)O.C=CC(=O)O.C=CC(=O)OCCCC.C=CC(N)=O.CC(C)=O.CC(C)=O. The van der Waals surface area contributed by atoms with Gasteiger partial charge in [0.1, 0.15) is 11.6 Å². The first-order valence-corrected chi connectivity index (χ1v) is 13.0. The Hall–Kier alpha value is -3.91. The predicted octanol–water partition coefficient (Wildman–Crippen LogP) is 2.58. The van der Waals surface area contributed by atoms with Crippen LogP contribution in [0.1, 0.15) is 61.3 Å². The number of primary amides is 1. The molecule has 0 atom stereocenters. The Morgan fingerprint density at radius 3 is 1.43 bits per heavy atom. The lowest BCUT2D eigenvalue weighted by Crippen LogP contribution is -2.47. The molecule has 0 heterocycles. The average molecular weight is 595 g/mol. The first-order chi connectivity index (χ1) is 18.0. The molecule has 0 radical (unpaired) electrons. The van der Waals surface area contributed by atoms with Gasteiger partial charge in [-0.15, -0.1) is 0 Å². The molecule has 0 aliphatic heterocycles. The summed E-state index contributed by atoms with van der Waals surface area (Å²) in [6.45, 7) is 24.2. The number of Topliss-reactive ketones (excluding diaryl/α,β-unsaturated/α-hetero) is 2. The fourth-order valence-electron chi connectivity index (χ4n) is 1.25. The predicted molar refractivity (Wildman–Crippen MR) is 155 cm³/mol. The van der Waals surface area contributed by atoms with Crippen molar-refractivity contribution in [1.29, 1.82) is 0 Å². The van der Waals surface area contributed by atoms with Crippen molar-refractivity contribution in [3.8, 4) is 0 Å². The molecule has 0 aliphatic rings. The van der Waals surface area contributed by atoms with E-state index in [9.17, 15) is 37.2 Å². The summed E-state index contributed by atoms with van der Waals surface area (Å²) >= 11 is 0. The van der Waals surface area contributed by atoms with Gasteiger partial charge in [-0.05, 0) is 60.1 Å². The highest BCUT2D eigenvalue weighted by molar-refractivity contribution is 7.85. The van der Waals surface area contributed by atoms with E-state index < -0.39 is 39.2 Å². The quantitative estimate of drug-likeness (QED) is 0.124. The third-order valence-corrected chi connectivity index (χ3v) is 3.56. The van der Waals surface area contributed by atoms with Crippen molar-refractivity contribution in [2.24, 2.45) is 5.73 Å². The number of carbonyl (C=O) groups excluding carboxylic acids is 5. The molecule has 0 aromatic heterocycles. The normalized spacial score (nSPS) is 8.80. The lowest BCUT2D eigenvalue weighted by molar-refractivity contribution is -0.138. The van der Waals surface area contributed by atoms with Crippen LogP contribution in [0, 0.1) is 0 Å². The van der Waals surface area contributed by atoms with E-state index in [0.29, 0.717) is 6.61 Å². The van der Waals surface area contributed by atoms with E-state index in [1.54, 1.807) is 0 Å². The molecule has 0 spiro atoms. The lowest BCUT2D eigenvalue weighted by atomic mass is 10.1. The number of unbranched alkanes of at least 4 members (excludes halogenated alkanes) is 1. The fourth-order valence-corrected chi connectivity index (χ4v) is 2.24. The third kappa shape index (κ3) is 92.5. The van der Waals surface area contributed by atoms with Crippen LogP contribution < -0.4 is 11.1 Å². The zero-order chi connectivity index (χ0) is 33.5. The molecule has 0 saturated carbocycles. The van der Waals surface area contributed by atoms with Crippen LogP contribution in [0.4, 0.5) is 0 Å². The second kappa shape index (κ2) is 31.3. The Balaban J connectivity index is -0.0000000933. The highest BCUT2D eigenvalue weighted by atomic mass is 32.2. The van der Waals surface area contributed by atoms with E-state index in [1.165, 1.54) is 47.6 Å². The molecule has 0 saturated heterocycles. The maximum atomic E-state index is 10.8. The van der Waals surface area contributed by atoms with Gasteiger partial charge in [-0.25, -0.2) is 9.59 Å². The molecule has 40 heavy (non-hydrogen) atoms. The van der Waals surface area contributed by atoms with Gasteiger partial charge in [0.2, 0.25) is 11.8 Å². The summed E-state index contributed by atoms with van der Waals surface area (Å²) in [4.78, 5) is 58.8. The minimum atomic E-state index is -4.08. The van der Waals surface area contributed by atoms with Gasteiger partial charge in [0.15, 0.2) is 0 Å². The lowest BCUT2D eigenvalue weighted by Gasteiger charge is -2.23. The van der Waals surface area contributed by atoms with Crippen LogP contribution in [0.25, 0.3) is 0 Å². The summed E-state index contributed by atoms with van der Waals surface area (Å²) < 4.78 is 34.2. The Bertz CT molecular complexity index is 885. The van der Waals surface area contributed by atoms with E-state index in [4.69, 9.17) is 9.66 Å². The average Bonchev–Trinajstić information content (AvgIpc) is 2.77. The zero-order valence-electron chi connectivity index (χ0n) is 24.5. The minimum Gasteiger partial charge on any atom is -0.478 e. The van der Waals surface area contributed by atoms with Gasteiger partial charge in [0.25, 0.3) is 10.1 Å². The van der Waals surface area contributed by atoms with Gasteiger partial charge < -0.3 is 30.5 Å². The van der Waals surface area contributed by atoms with Crippen molar-refractivity contribution in [3.05, 3.63) is 50.6 Å². The van der Waals surface area contributed by atoms with Crippen molar-refractivity contribution in [2.45, 2.75) is 66.8 Å². The number of nitrogens with two attached hydrogens (primary N) is 1. The molecular weight excluding hydrogens is 548 g/mol. The number of esters is 1. The Labute approximate surface area is 238 Å². The molecule has 13 nitrogen and oxygen atoms in total. The summed E-state index contributed by atoms with van der Waals surface area (Å²) in [5.74, 6) is -2.47. The summed E-state index contributed by atoms with van der Waals surface area (Å²) in [6.07, 6.45) is 6.07. The Morgan fingerprint density at radius 2 is 1.23 bits per heavy atom. The van der Waals surface area contributed by atoms with Crippen molar-refractivity contribution in [2.75, 3.05) is 12.4 Å². The molecule has 2 amide bonds. The molecular formula is C26H46N2O11S. The molecule has 0 rings (SSSR count). The second-order valence-electron chi connectivity index (χ2n) is 7.99. The summed E-state index contributed by atoms with van der Waals surface area (Å²) in [5.41, 5.74) is 3.53. The number of ketones is 2. The van der Waals surface area contributed by atoms with E-state index >= 15 is 0 Å². The highest BCUT2D eigenvalue weighted by Crippen LogP contribution is 2.05. The Kier molecular flexibility index (Phi) is 38.4. The number of amides is 2. The summed E-state index contributed by atoms with van der Waals surface area (Å²) in [6, 6.07) is 0. The van der Waals surface area contributed by atoms with Crippen molar-refractivity contribution < 1.29 is 51.6 Å². The van der Waals surface area contributed by atoms with Crippen molar-refractivity contribution in [1.82, 2.24) is 5.32 Å². The standard InChI is InChI=1S/C7H13NO4S.C7H12O2.C3H5NO.C3H4O2.2C3H6O/c1-4-6(9)8-7(2,3)5-13(10,11)12;1-3-5-6-9-7(8)4-2;2*1-2-3(4)5;2*1-3(2)4/h4H,1,5H2,2-3H3,(H,8,9)(H,10,11,12);4H,2-3,5-6H2,1H3;2H,1H2,(H2,4,5);2H,1H2,(H,4,5);2*1-2H3. The number of aliphatic carboxylic acids is 1. The van der Waals surface area contributed by atoms with Crippen molar-refractivity contribution >= 4 is 45.4 Å². The number of carbonyl (C=O) groups is 6. The first-order valence-electron chi connectivity index (χ1n) is 11.4. The van der Waals surface area contributed by atoms with E-state index in [2.05, 4.69) is 42.1 Å². The molecule has 5 N–H and O–H groups in total. The second-order valence-corrected chi connectivity index (χ2v) is 9.45. The smallest absolute Gasteiger partial charge is 0.330 e. The molecule has 0 bridgehead atoms. The van der Waals surface area contributed by atoms with Gasteiger partial charge in [0, 0.05) is 12.2 Å². The molecule has 232 valence electrons. The summed E-state index contributed by atoms with van der Waals surface area (Å²) in [5, 5.41) is 9.97. The van der Waals surface area contributed by atoms with Gasteiger partial charge in [-0.1, -0.05) is 39.7 Å². The first kappa shape index (κ1) is 49.1. The van der Waals surface area contributed by atoms with Crippen LogP contribution >= 0.6 is 0 Å². The number of rotatable bonds is 10. The number of hydrogen-bond donors (Lipinski definition) is 4. The van der Waals surface area contributed by atoms with E-state index in [0.717, 1.165) is 31.1 Å². The van der Waals surface area contributed by atoms with Gasteiger partial charge in [-0.2, -0.15) is 8.42 Å². The monoisotopic (exact) mass is 594 g/mol. The van der Waals surface area contributed by atoms with Gasteiger partial charge in [0.05, 0.1) is 17.9 Å². The van der Waals surface area contributed by atoms with E-state index in [1.807, 2.05) is 6.92 Å². The van der Waals surface area contributed by atoms with Crippen LogP contribution in [0.5, 0.6) is 0 Å². The van der Waals surface area contributed by atoms with Crippen LogP contribution in [-0.4, -0.2) is 71.3 Å². The van der Waals surface area contributed by atoms with E-state index in [-0.39, 0.29) is 17.5 Å². The van der Waals surface area contributed by atoms with Crippen LogP contribution in [0.2, 0.25) is 0 Å². The van der Waals surface area contributed by atoms with Gasteiger partial charge in [-0.3, -0.25) is 14.1 Å². The van der Waals surface area contributed by atoms with Crippen LogP contribution in [0.15, 0.2) is 50.6 Å². The molecule has 0 aromatic carbocycles. The molecule has 0 fully saturated rings. The molecule has 0 unspecified atom stereocenters. The van der Waals surface area contributed by atoms with Crippen molar-refractivity contribution in [3.63, 3.8) is 0 Å². The van der Waals surface area contributed by atoms with Gasteiger partial charge >= 0.3 is 11.9 Å². The Morgan fingerprint density at radius 1 is 0.875 bits per heavy atom. The number of carboxylic acid groups (broad SMARTS) is 1. The minimum absolute atomic E-state index is 0.167. The fraction of sp³-hybridized carbons (Fsp3) is 0.462. The third-order valence-electron chi connectivity index (χ3n) is 2.47. The molecule has 14 heteroatoms. The summed E-state index contributed by atoms with van der Waals surface area (Å²) in [7, 11) is -4.08. The zero-order valence-corrected chi connectivity index (χ0v) is 25.3. The molecule has 0 aliphatic carbocycles. The maximum absolute atomic E-state index is 10.8. The molecule has 0 aromatic rings. The number of carboxylic acids is 1. The van der Waals surface area contributed by atoms with Crippen LogP contribution in [-0.2, 0) is 43.6 Å². The maximum Gasteiger partial charge on any atom is 0.330 e.